The van der Waals surface area contributed by atoms with Crippen LogP contribution in [0.4, 0.5) is 0 Å². The summed E-state index contributed by atoms with van der Waals surface area (Å²) in [7, 11) is -3.38. The quantitative estimate of drug-likeness (QED) is 0.477. The van der Waals surface area contributed by atoms with Crippen LogP contribution in [-0.4, -0.2) is 19.2 Å². The van der Waals surface area contributed by atoms with E-state index in [1.165, 1.54) is 6.26 Å². The van der Waals surface area contributed by atoms with Crippen LogP contribution in [0.2, 0.25) is 0 Å². The number of nitrogens with zero attached hydrogens (tertiary/aromatic N) is 1. The van der Waals surface area contributed by atoms with Gasteiger partial charge in [-0.1, -0.05) is 66.7 Å². The minimum Gasteiger partial charge on any atom is -0.309 e. The summed E-state index contributed by atoms with van der Waals surface area (Å²) in [5.74, 6) is 0. The maximum Gasteiger partial charge on any atom is 0.185 e. The van der Waals surface area contributed by atoms with Crippen LogP contribution in [-0.2, 0) is 9.84 Å². The molecule has 150 valence electrons. The minimum absolute atomic E-state index is 0.0665. The Bertz CT molecular complexity index is 1370. The van der Waals surface area contributed by atoms with E-state index in [2.05, 4.69) is 0 Å². The van der Waals surface area contributed by atoms with Crippen LogP contribution in [0.15, 0.2) is 101 Å². The number of hydrogen-bond donors (Lipinski definition) is 0. The van der Waals surface area contributed by atoms with Crippen molar-refractivity contribution >= 4 is 9.84 Å². The Labute approximate surface area is 176 Å². The Morgan fingerprint density at radius 3 is 1.93 bits per heavy atom. The fourth-order valence-electron chi connectivity index (χ4n) is 3.59. The molecule has 0 radical (unpaired) electrons. The predicted octanol–water partition coefficient (Wildman–Crippen LogP) is 4.88. The van der Waals surface area contributed by atoms with Crippen molar-refractivity contribution < 1.29 is 8.42 Å². The zero-order chi connectivity index (χ0) is 21.3. The fraction of sp³-hybridized carbons (Fsp3) is 0.0800. The van der Waals surface area contributed by atoms with Crippen molar-refractivity contribution in [2.24, 2.45) is 0 Å². The molecule has 4 rings (SSSR count). The smallest absolute Gasteiger partial charge is 0.185 e. The molecule has 1 heterocycles. The molecule has 1 aromatic heterocycles. The second-order valence-electron chi connectivity index (χ2n) is 7.20. The second kappa shape index (κ2) is 7.76. The summed E-state index contributed by atoms with van der Waals surface area (Å²) in [5.41, 5.74) is 4.42. The van der Waals surface area contributed by atoms with Crippen molar-refractivity contribution in [2.45, 2.75) is 11.8 Å². The van der Waals surface area contributed by atoms with E-state index in [1.807, 2.05) is 71.3 Å². The molecule has 0 aliphatic heterocycles. The average Bonchev–Trinajstić information content (AvgIpc) is 2.76. The normalized spacial score (nSPS) is 11.4. The standard InChI is InChI=1S/C25H21NO3S/c1-18-24(27)17-23(19-10-5-3-6-11-19)26(25(18)20-12-7-4-8-13-20)21-14-9-15-22(16-21)30(2,28)29/h3-17H,1-2H3. The third-order valence-electron chi connectivity index (χ3n) is 5.08. The van der Waals surface area contributed by atoms with E-state index in [9.17, 15) is 13.2 Å². The lowest BCUT2D eigenvalue weighted by atomic mass is 10.0. The molecule has 0 saturated heterocycles. The molecule has 0 saturated carbocycles. The molecule has 0 aliphatic rings. The van der Waals surface area contributed by atoms with Gasteiger partial charge in [-0.15, -0.1) is 0 Å². The highest BCUT2D eigenvalue weighted by Gasteiger charge is 2.18. The topological polar surface area (TPSA) is 56.1 Å². The van der Waals surface area contributed by atoms with Gasteiger partial charge in [-0.3, -0.25) is 4.79 Å². The molecule has 0 aliphatic carbocycles. The van der Waals surface area contributed by atoms with Crippen LogP contribution in [0.1, 0.15) is 5.56 Å². The van der Waals surface area contributed by atoms with Crippen molar-refractivity contribution in [1.29, 1.82) is 0 Å². The van der Waals surface area contributed by atoms with Crippen LogP contribution < -0.4 is 5.43 Å². The third-order valence-corrected chi connectivity index (χ3v) is 6.19. The first-order valence-electron chi connectivity index (χ1n) is 9.54. The molecule has 0 bridgehead atoms. The monoisotopic (exact) mass is 415 g/mol. The number of aromatic nitrogens is 1. The maximum atomic E-state index is 12.9. The number of hydrogen-bond acceptors (Lipinski definition) is 3. The average molecular weight is 416 g/mol. The summed E-state index contributed by atoms with van der Waals surface area (Å²) in [6, 6.07) is 27.7. The van der Waals surface area contributed by atoms with E-state index in [1.54, 1.807) is 31.2 Å². The second-order valence-corrected chi connectivity index (χ2v) is 9.22. The van der Waals surface area contributed by atoms with Gasteiger partial charge in [0.2, 0.25) is 0 Å². The summed E-state index contributed by atoms with van der Waals surface area (Å²) in [6.07, 6.45) is 1.19. The van der Waals surface area contributed by atoms with Gasteiger partial charge in [0.15, 0.2) is 15.3 Å². The molecule has 0 fully saturated rings. The largest absolute Gasteiger partial charge is 0.309 e. The van der Waals surface area contributed by atoms with Crippen LogP contribution in [0.25, 0.3) is 28.2 Å². The molecule has 0 spiro atoms. The Hall–Kier alpha value is -3.44. The summed E-state index contributed by atoms with van der Waals surface area (Å²) >= 11 is 0. The SMILES string of the molecule is Cc1c(-c2ccccc2)n(-c2cccc(S(C)(=O)=O)c2)c(-c2ccccc2)cc1=O. The van der Waals surface area contributed by atoms with Crippen LogP contribution in [0.3, 0.4) is 0 Å². The minimum atomic E-state index is -3.38. The van der Waals surface area contributed by atoms with Gasteiger partial charge in [-0.05, 0) is 36.2 Å². The van der Waals surface area contributed by atoms with E-state index in [0.29, 0.717) is 16.9 Å². The molecule has 5 heteroatoms. The first-order valence-corrected chi connectivity index (χ1v) is 11.4. The molecular formula is C25H21NO3S. The van der Waals surface area contributed by atoms with Gasteiger partial charge in [0.25, 0.3) is 0 Å². The van der Waals surface area contributed by atoms with Gasteiger partial charge in [0, 0.05) is 23.6 Å². The van der Waals surface area contributed by atoms with Crippen LogP contribution >= 0.6 is 0 Å². The van der Waals surface area contributed by atoms with E-state index < -0.39 is 9.84 Å². The van der Waals surface area contributed by atoms with Gasteiger partial charge >= 0.3 is 0 Å². The van der Waals surface area contributed by atoms with Crippen molar-refractivity contribution in [3.63, 3.8) is 0 Å². The Morgan fingerprint density at radius 1 is 0.733 bits per heavy atom. The Kier molecular flexibility index (Phi) is 5.14. The van der Waals surface area contributed by atoms with Crippen LogP contribution in [0, 0.1) is 6.92 Å². The highest BCUT2D eigenvalue weighted by atomic mass is 32.2. The lowest BCUT2D eigenvalue weighted by Crippen LogP contribution is -2.16. The molecule has 0 N–H and O–H groups in total. The molecule has 30 heavy (non-hydrogen) atoms. The Morgan fingerprint density at radius 2 is 1.33 bits per heavy atom. The highest BCUT2D eigenvalue weighted by molar-refractivity contribution is 7.90. The van der Waals surface area contributed by atoms with Crippen molar-refractivity contribution in [2.75, 3.05) is 6.26 Å². The van der Waals surface area contributed by atoms with E-state index >= 15 is 0 Å². The molecule has 3 aromatic carbocycles. The molecule has 0 atom stereocenters. The predicted molar refractivity (Wildman–Crippen MR) is 121 cm³/mol. The van der Waals surface area contributed by atoms with Gasteiger partial charge in [0.1, 0.15) is 0 Å². The molecule has 4 aromatic rings. The highest BCUT2D eigenvalue weighted by Crippen LogP contribution is 2.32. The number of sulfone groups is 1. The molecular weight excluding hydrogens is 394 g/mol. The van der Waals surface area contributed by atoms with E-state index in [-0.39, 0.29) is 10.3 Å². The Balaban J connectivity index is 2.15. The lowest BCUT2D eigenvalue weighted by Gasteiger charge is -2.22. The van der Waals surface area contributed by atoms with Crippen molar-refractivity contribution in [3.8, 4) is 28.2 Å². The molecule has 4 nitrogen and oxygen atoms in total. The first kappa shape index (κ1) is 19.9. The number of benzene rings is 3. The lowest BCUT2D eigenvalue weighted by molar-refractivity contribution is 0.602. The van der Waals surface area contributed by atoms with Crippen LogP contribution in [0.5, 0.6) is 0 Å². The number of pyridine rings is 1. The number of rotatable bonds is 4. The molecule has 0 unspecified atom stereocenters. The first-order chi connectivity index (χ1) is 14.4. The van der Waals surface area contributed by atoms with Gasteiger partial charge in [-0.2, -0.15) is 0 Å². The molecule has 0 amide bonds. The zero-order valence-corrected chi connectivity index (χ0v) is 17.6. The van der Waals surface area contributed by atoms with Gasteiger partial charge < -0.3 is 4.57 Å². The summed E-state index contributed by atoms with van der Waals surface area (Å²) < 4.78 is 26.3. The summed E-state index contributed by atoms with van der Waals surface area (Å²) in [6.45, 7) is 1.80. The van der Waals surface area contributed by atoms with Crippen molar-refractivity contribution in [3.05, 3.63) is 107 Å². The van der Waals surface area contributed by atoms with Gasteiger partial charge in [0.05, 0.1) is 16.3 Å². The zero-order valence-electron chi connectivity index (χ0n) is 16.7. The van der Waals surface area contributed by atoms with Gasteiger partial charge in [-0.25, -0.2) is 8.42 Å². The summed E-state index contributed by atoms with van der Waals surface area (Å²) in [5, 5.41) is 0. The fourth-order valence-corrected chi connectivity index (χ4v) is 4.25. The maximum absolute atomic E-state index is 12.9. The summed E-state index contributed by atoms with van der Waals surface area (Å²) in [4.78, 5) is 13.1. The third kappa shape index (κ3) is 3.72. The van der Waals surface area contributed by atoms with E-state index in [4.69, 9.17) is 0 Å². The van der Waals surface area contributed by atoms with E-state index in [0.717, 1.165) is 16.8 Å². The van der Waals surface area contributed by atoms with Crippen molar-refractivity contribution in [1.82, 2.24) is 4.57 Å².